The van der Waals surface area contributed by atoms with Gasteiger partial charge in [0.1, 0.15) is 0 Å². The van der Waals surface area contributed by atoms with Gasteiger partial charge in [0.25, 0.3) is 0 Å². The van der Waals surface area contributed by atoms with Crippen LogP contribution in [0.1, 0.15) is 0 Å². The third-order valence-corrected chi connectivity index (χ3v) is 12.5. The number of fused-ring (bicyclic) bond motifs is 27. The first kappa shape index (κ1) is 28.6. The minimum absolute atomic E-state index is 1.30. The second-order valence-corrected chi connectivity index (χ2v) is 15.0. The first-order chi connectivity index (χ1) is 26.8. The molecule has 13 rings (SSSR count). The lowest BCUT2D eigenvalue weighted by molar-refractivity contribution is 1.79. The predicted octanol–water partition coefficient (Wildman–Crippen LogP) is 15.5. The van der Waals surface area contributed by atoms with Gasteiger partial charge in [-0.15, -0.1) is 0 Å². The third-order valence-electron chi connectivity index (χ3n) is 12.5. The van der Waals surface area contributed by atoms with E-state index in [1.54, 1.807) is 0 Å². The summed E-state index contributed by atoms with van der Waals surface area (Å²) < 4.78 is 0. The zero-order valence-electron chi connectivity index (χ0n) is 29.3. The van der Waals surface area contributed by atoms with E-state index in [1.807, 2.05) is 0 Å². The summed E-state index contributed by atoms with van der Waals surface area (Å²) in [4.78, 5) is 0. The van der Waals surface area contributed by atoms with Crippen LogP contribution in [0, 0.1) is 0 Å². The molecule has 54 heavy (non-hydrogen) atoms. The maximum absolute atomic E-state index is 2.45. The Hall–Kier alpha value is -7.02. The summed E-state index contributed by atoms with van der Waals surface area (Å²) in [6, 6.07) is 68.6. The molecule has 0 saturated heterocycles. The fraction of sp³-hybridized carbons (Fsp3) is 0. The van der Waals surface area contributed by atoms with Crippen molar-refractivity contribution < 1.29 is 0 Å². The lowest BCUT2D eigenvalue weighted by Gasteiger charge is -2.21. The highest BCUT2D eigenvalue weighted by molar-refractivity contribution is 6.48. The largest absolute Gasteiger partial charge is 0.0616 e. The smallest absolute Gasteiger partial charge is 0.000718 e. The maximum Gasteiger partial charge on any atom is -0.000718 e. The van der Waals surface area contributed by atoms with Gasteiger partial charge in [0, 0.05) is 0 Å². The van der Waals surface area contributed by atoms with Crippen molar-refractivity contribution in [2.45, 2.75) is 0 Å². The van der Waals surface area contributed by atoms with Gasteiger partial charge in [-0.3, -0.25) is 0 Å². The normalized spacial score (nSPS) is 12.4. The van der Waals surface area contributed by atoms with E-state index < -0.39 is 0 Å². The fourth-order valence-electron chi connectivity index (χ4n) is 10.4. The third kappa shape index (κ3) is 3.49. The lowest BCUT2D eigenvalue weighted by atomic mass is 9.82. The van der Waals surface area contributed by atoms with Gasteiger partial charge in [-0.05, 0) is 129 Å². The Morgan fingerprint density at radius 2 is 0.259 bits per heavy atom. The molecule has 246 valence electrons. The van der Waals surface area contributed by atoms with Crippen LogP contribution in [0.5, 0.6) is 0 Å². The summed E-state index contributed by atoms with van der Waals surface area (Å²) in [6.07, 6.45) is 0. The van der Waals surface area contributed by atoms with Crippen LogP contribution in [-0.2, 0) is 0 Å². The molecule has 0 amide bonds. The van der Waals surface area contributed by atoms with E-state index >= 15 is 0 Å². The van der Waals surface area contributed by atoms with Crippen molar-refractivity contribution in [1.29, 1.82) is 0 Å². The Balaban J connectivity index is 1.44. The average Bonchev–Trinajstić information content (AvgIpc) is 3.25. The maximum atomic E-state index is 2.45. The Kier molecular flexibility index (Phi) is 5.45. The molecule has 0 N–H and O–H groups in total. The van der Waals surface area contributed by atoms with Gasteiger partial charge in [0.2, 0.25) is 0 Å². The second kappa shape index (κ2) is 10.3. The van der Waals surface area contributed by atoms with Gasteiger partial charge in [-0.25, -0.2) is 0 Å². The molecule has 0 atom stereocenters. The van der Waals surface area contributed by atoms with Gasteiger partial charge < -0.3 is 0 Å². The molecule has 0 aliphatic rings. The zero-order valence-corrected chi connectivity index (χ0v) is 29.3. The standard InChI is InChI=1S/C54H30/c1-4-19-37-31(13-1)34-16-7-10-22-40(34)49-43(37)25-27-46-47-28-26-44-38-20-5-2-14-32(38)35-17-8-11-23-41(35)50(44)53(47)54-48(52(46)49)30-29-45-39-21-6-3-15-33(39)36-18-9-12-24-42(36)51(45)54/h1-30H. The quantitative estimate of drug-likeness (QED) is 0.140. The molecule has 13 aromatic rings. The van der Waals surface area contributed by atoms with Crippen molar-refractivity contribution in [3.05, 3.63) is 182 Å². The van der Waals surface area contributed by atoms with Crippen LogP contribution >= 0.6 is 0 Å². The molecule has 13 aromatic carbocycles. The fourth-order valence-corrected chi connectivity index (χ4v) is 10.4. The van der Waals surface area contributed by atoms with Gasteiger partial charge in [-0.2, -0.15) is 0 Å². The Labute approximate surface area is 310 Å². The highest BCUT2D eigenvalue weighted by Gasteiger charge is 2.22. The summed E-state index contributed by atoms with van der Waals surface area (Å²) in [7, 11) is 0. The molecular weight excluding hydrogens is 649 g/mol. The minimum atomic E-state index is 1.30. The summed E-state index contributed by atoms with van der Waals surface area (Å²) in [5.41, 5.74) is 0. The van der Waals surface area contributed by atoms with E-state index in [9.17, 15) is 0 Å². The summed E-state index contributed by atoms with van der Waals surface area (Å²) >= 11 is 0. The molecule has 0 unspecified atom stereocenters. The molecular formula is C54H30. The molecule has 0 saturated carbocycles. The van der Waals surface area contributed by atoms with Crippen LogP contribution in [0.2, 0.25) is 0 Å². The summed E-state index contributed by atoms with van der Waals surface area (Å²) in [5.74, 6) is 0. The van der Waals surface area contributed by atoms with Crippen molar-refractivity contribution in [2.75, 3.05) is 0 Å². The van der Waals surface area contributed by atoms with E-state index in [2.05, 4.69) is 182 Å². The highest BCUT2D eigenvalue weighted by Crippen LogP contribution is 2.51. The van der Waals surface area contributed by atoms with Gasteiger partial charge in [0.15, 0.2) is 0 Å². The highest BCUT2D eigenvalue weighted by atomic mass is 14.2. The van der Waals surface area contributed by atoms with Gasteiger partial charge in [-0.1, -0.05) is 182 Å². The Bertz CT molecular complexity index is 3720. The zero-order chi connectivity index (χ0) is 35.1. The Morgan fingerprint density at radius 1 is 0.111 bits per heavy atom. The van der Waals surface area contributed by atoms with Crippen molar-refractivity contribution in [2.24, 2.45) is 0 Å². The topological polar surface area (TPSA) is 0 Å². The van der Waals surface area contributed by atoms with Gasteiger partial charge >= 0.3 is 0 Å². The van der Waals surface area contributed by atoms with Crippen LogP contribution < -0.4 is 0 Å². The van der Waals surface area contributed by atoms with Crippen molar-refractivity contribution in [3.63, 3.8) is 0 Å². The number of benzene rings is 13. The molecule has 0 heterocycles. The van der Waals surface area contributed by atoms with Crippen LogP contribution in [0.3, 0.4) is 0 Å². The summed E-state index contributed by atoms with van der Waals surface area (Å²) in [6.45, 7) is 0. The predicted molar refractivity (Wildman–Crippen MR) is 237 cm³/mol. The number of rotatable bonds is 0. The van der Waals surface area contributed by atoms with Crippen molar-refractivity contribution in [3.8, 4) is 0 Å². The molecule has 0 radical (unpaired) electrons. The Morgan fingerprint density at radius 3 is 0.574 bits per heavy atom. The van der Waals surface area contributed by atoms with E-state index in [0.29, 0.717) is 0 Å². The minimum Gasteiger partial charge on any atom is -0.0616 e. The molecule has 0 heteroatoms. The molecule has 0 aromatic heterocycles. The SMILES string of the molecule is c1ccc2c(c1)c1ccccc1c1c2ccc2c3ccc4c5ccccc5c5ccccc5c4c3c3c(ccc4c5ccccc5c5ccccc5c43)c21. The van der Waals surface area contributed by atoms with Crippen LogP contribution in [0.4, 0.5) is 0 Å². The molecule has 0 fully saturated rings. The van der Waals surface area contributed by atoms with E-state index in [0.717, 1.165) is 0 Å². The second-order valence-electron chi connectivity index (χ2n) is 15.0. The number of hydrogen-bond donors (Lipinski definition) is 0. The first-order valence-electron chi connectivity index (χ1n) is 18.9. The lowest BCUT2D eigenvalue weighted by Crippen LogP contribution is -1.92. The van der Waals surface area contributed by atoms with Crippen LogP contribution in [0.15, 0.2) is 182 Å². The van der Waals surface area contributed by atoms with E-state index in [-0.39, 0.29) is 0 Å². The number of hydrogen-bond acceptors (Lipinski definition) is 0. The van der Waals surface area contributed by atoms with Crippen LogP contribution in [0.25, 0.3) is 129 Å². The first-order valence-corrected chi connectivity index (χ1v) is 18.9. The van der Waals surface area contributed by atoms with Gasteiger partial charge in [0.05, 0.1) is 0 Å². The molecule has 0 spiro atoms. The van der Waals surface area contributed by atoms with E-state index in [4.69, 9.17) is 0 Å². The van der Waals surface area contributed by atoms with Crippen molar-refractivity contribution >= 4 is 129 Å². The van der Waals surface area contributed by atoms with Crippen molar-refractivity contribution in [1.82, 2.24) is 0 Å². The molecule has 0 aliphatic carbocycles. The summed E-state index contributed by atoms with van der Waals surface area (Å²) in [5, 5.41) is 31.4. The van der Waals surface area contributed by atoms with Crippen LogP contribution in [-0.4, -0.2) is 0 Å². The van der Waals surface area contributed by atoms with E-state index in [1.165, 1.54) is 129 Å². The molecule has 0 bridgehead atoms. The monoisotopic (exact) mass is 678 g/mol. The average molecular weight is 679 g/mol. The molecule has 0 aliphatic heterocycles. The molecule has 0 nitrogen and oxygen atoms in total.